The van der Waals surface area contributed by atoms with Crippen molar-refractivity contribution in [2.75, 3.05) is 11.4 Å². The van der Waals surface area contributed by atoms with Gasteiger partial charge in [-0.15, -0.1) is 0 Å². The lowest BCUT2D eigenvalue weighted by Gasteiger charge is -2.24. The molecule has 1 aromatic heterocycles. The third-order valence-corrected chi connectivity index (χ3v) is 2.78. The molecule has 0 aliphatic heterocycles. The van der Waals surface area contributed by atoms with Crippen LogP contribution < -0.4 is 4.90 Å². The molecule has 0 aliphatic carbocycles. The fourth-order valence-electron chi connectivity index (χ4n) is 1.92. The zero-order valence-corrected chi connectivity index (χ0v) is 10.4. The molecule has 0 saturated carbocycles. The fraction of sp³-hybridized carbons (Fsp3) is 0.143. The van der Waals surface area contributed by atoms with E-state index in [4.69, 9.17) is 0 Å². The summed E-state index contributed by atoms with van der Waals surface area (Å²) in [5.74, 6) is -1.46. The predicted octanol–water partition coefficient (Wildman–Crippen LogP) is 3.08. The monoisotopic (exact) mass is 260 g/mol. The number of nitrogens with zero attached hydrogens (tertiary/aromatic N) is 2. The minimum Gasteiger partial charge on any atom is -0.478 e. The van der Waals surface area contributed by atoms with Crippen LogP contribution in [0.15, 0.2) is 42.7 Å². The van der Waals surface area contributed by atoms with Crippen LogP contribution in [0.5, 0.6) is 0 Å². The molecule has 19 heavy (non-hydrogen) atoms. The number of hydrogen-bond donors (Lipinski definition) is 1. The van der Waals surface area contributed by atoms with Crippen LogP contribution in [0.2, 0.25) is 0 Å². The molecule has 5 heteroatoms. The van der Waals surface area contributed by atoms with Crippen LogP contribution in [-0.2, 0) is 0 Å². The van der Waals surface area contributed by atoms with Crippen molar-refractivity contribution in [2.24, 2.45) is 0 Å². The maximum absolute atomic E-state index is 13.8. The van der Waals surface area contributed by atoms with Gasteiger partial charge in [-0.3, -0.25) is 4.98 Å². The lowest BCUT2D eigenvalue weighted by atomic mass is 10.2. The van der Waals surface area contributed by atoms with E-state index in [0.717, 1.165) is 0 Å². The summed E-state index contributed by atoms with van der Waals surface area (Å²) in [6, 6.07) is 7.65. The van der Waals surface area contributed by atoms with E-state index in [1.54, 1.807) is 23.1 Å². The second-order valence-electron chi connectivity index (χ2n) is 3.89. The highest BCUT2D eigenvalue weighted by molar-refractivity contribution is 5.95. The first-order valence-corrected chi connectivity index (χ1v) is 5.84. The number of pyridine rings is 1. The summed E-state index contributed by atoms with van der Waals surface area (Å²) in [5.41, 5.74) is 0.809. The SMILES string of the molecule is CCN(c1ccccc1F)c1cnccc1C(=O)O. The summed E-state index contributed by atoms with van der Waals surface area (Å²) < 4.78 is 13.8. The van der Waals surface area contributed by atoms with Gasteiger partial charge in [-0.25, -0.2) is 9.18 Å². The van der Waals surface area contributed by atoms with E-state index in [9.17, 15) is 14.3 Å². The lowest BCUT2D eigenvalue weighted by Crippen LogP contribution is -2.20. The van der Waals surface area contributed by atoms with E-state index in [0.29, 0.717) is 17.9 Å². The van der Waals surface area contributed by atoms with E-state index in [-0.39, 0.29) is 5.56 Å². The van der Waals surface area contributed by atoms with Crippen molar-refractivity contribution in [3.8, 4) is 0 Å². The molecule has 2 aromatic rings. The van der Waals surface area contributed by atoms with E-state index >= 15 is 0 Å². The standard InChI is InChI=1S/C14H13FN2O2/c1-2-17(12-6-4-3-5-11(12)15)13-9-16-8-7-10(13)14(18)19/h3-9H,2H2,1H3,(H,18,19). The van der Waals surface area contributed by atoms with Crippen molar-refractivity contribution >= 4 is 17.3 Å². The Bertz CT molecular complexity index is 602. The van der Waals surface area contributed by atoms with Crippen LogP contribution >= 0.6 is 0 Å². The number of carboxylic acid groups (broad SMARTS) is 1. The molecule has 0 atom stereocenters. The Balaban J connectivity index is 2.55. The van der Waals surface area contributed by atoms with Crippen molar-refractivity contribution in [2.45, 2.75) is 6.92 Å². The molecule has 1 N–H and O–H groups in total. The molecule has 0 aliphatic rings. The van der Waals surface area contributed by atoms with E-state index in [1.807, 2.05) is 6.92 Å². The molecule has 98 valence electrons. The average molecular weight is 260 g/mol. The Morgan fingerprint density at radius 3 is 2.68 bits per heavy atom. The van der Waals surface area contributed by atoms with Gasteiger partial charge in [0.1, 0.15) is 5.82 Å². The summed E-state index contributed by atoms with van der Waals surface area (Å²) in [4.78, 5) is 16.7. The largest absolute Gasteiger partial charge is 0.478 e. The molecule has 0 fully saturated rings. The van der Waals surface area contributed by atoms with Crippen LogP contribution in [-0.4, -0.2) is 22.6 Å². The van der Waals surface area contributed by atoms with Gasteiger partial charge in [0.25, 0.3) is 0 Å². The van der Waals surface area contributed by atoms with Gasteiger partial charge in [-0.1, -0.05) is 12.1 Å². The second kappa shape index (κ2) is 5.48. The van der Waals surface area contributed by atoms with Crippen LogP contribution in [0.4, 0.5) is 15.8 Å². The summed E-state index contributed by atoms with van der Waals surface area (Å²) in [6.07, 6.45) is 2.83. The van der Waals surface area contributed by atoms with Gasteiger partial charge in [-0.2, -0.15) is 0 Å². The normalized spacial score (nSPS) is 10.2. The summed E-state index contributed by atoms with van der Waals surface area (Å²) in [5, 5.41) is 9.18. The quantitative estimate of drug-likeness (QED) is 0.917. The smallest absolute Gasteiger partial charge is 0.337 e. The number of halogens is 1. The number of carboxylic acids is 1. The number of para-hydroxylation sites is 1. The number of hydrogen-bond acceptors (Lipinski definition) is 3. The van der Waals surface area contributed by atoms with Gasteiger partial charge in [0.15, 0.2) is 0 Å². The van der Waals surface area contributed by atoms with Crippen LogP contribution in [0, 0.1) is 5.82 Å². The van der Waals surface area contributed by atoms with Crippen molar-refractivity contribution in [3.05, 3.63) is 54.1 Å². The molecule has 0 bridgehead atoms. The Labute approximate surface area is 110 Å². The molecule has 0 radical (unpaired) electrons. The topological polar surface area (TPSA) is 53.4 Å². The van der Waals surface area contributed by atoms with Crippen molar-refractivity contribution < 1.29 is 14.3 Å². The predicted molar refractivity (Wildman–Crippen MR) is 70.3 cm³/mol. The first kappa shape index (κ1) is 13.0. The van der Waals surface area contributed by atoms with Gasteiger partial charge in [0.2, 0.25) is 0 Å². The molecule has 1 heterocycles. The van der Waals surface area contributed by atoms with Crippen LogP contribution in [0.3, 0.4) is 0 Å². The molecule has 4 nitrogen and oxygen atoms in total. The number of benzene rings is 1. The summed E-state index contributed by atoms with van der Waals surface area (Å²) >= 11 is 0. The van der Waals surface area contributed by atoms with E-state index in [2.05, 4.69) is 4.98 Å². The molecule has 0 unspecified atom stereocenters. The highest BCUT2D eigenvalue weighted by Gasteiger charge is 2.18. The van der Waals surface area contributed by atoms with Crippen molar-refractivity contribution in [1.82, 2.24) is 4.98 Å². The molecule has 1 aromatic carbocycles. The second-order valence-corrected chi connectivity index (χ2v) is 3.89. The Morgan fingerprint density at radius 2 is 2.05 bits per heavy atom. The van der Waals surface area contributed by atoms with Gasteiger partial charge >= 0.3 is 5.97 Å². The van der Waals surface area contributed by atoms with Crippen molar-refractivity contribution in [1.29, 1.82) is 0 Å². The third kappa shape index (κ3) is 2.54. The average Bonchev–Trinajstić information content (AvgIpc) is 2.42. The summed E-state index contributed by atoms with van der Waals surface area (Å²) in [7, 11) is 0. The van der Waals surface area contributed by atoms with Gasteiger partial charge in [0.05, 0.1) is 23.1 Å². The minimum atomic E-state index is -1.06. The highest BCUT2D eigenvalue weighted by atomic mass is 19.1. The molecular formula is C14H13FN2O2. The van der Waals surface area contributed by atoms with E-state index < -0.39 is 11.8 Å². The van der Waals surface area contributed by atoms with Crippen molar-refractivity contribution in [3.63, 3.8) is 0 Å². The number of aromatic nitrogens is 1. The Kier molecular flexibility index (Phi) is 3.75. The molecule has 0 saturated heterocycles. The maximum Gasteiger partial charge on any atom is 0.337 e. The number of aromatic carboxylic acids is 1. The molecule has 2 rings (SSSR count). The Morgan fingerprint density at radius 1 is 1.32 bits per heavy atom. The zero-order chi connectivity index (χ0) is 13.8. The van der Waals surface area contributed by atoms with Gasteiger partial charge in [0, 0.05) is 12.7 Å². The fourth-order valence-corrected chi connectivity index (χ4v) is 1.92. The zero-order valence-electron chi connectivity index (χ0n) is 10.4. The lowest BCUT2D eigenvalue weighted by molar-refractivity contribution is 0.0697. The third-order valence-electron chi connectivity index (χ3n) is 2.78. The molecule has 0 amide bonds. The number of anilines is 2. The van der Waals surface area contributed by atoms with Crippen LogP contribution in [0.1, 0.15) is 17.3 Å². The van der Waals surface area contributed by atoms with Gasteiger partial charge in [-0.05, 0) is 25.1 Å². The summed E-state index contributed by atoms with van der Waals surface area (Å²) in [6.45, 7) is 2.26. The number of carbonyl (C=O) groups is 1. The van der Waals surface area contributed by atoms with Crippen LogP contribution in [0.25, 0.3) is 0 Å². The first-order valence-electron chi connectivity index (χ1n) is 5.84. The molecule has 0 spiro atoms. The Hall–Kier alpha value is -2.43. The van der Waals surface area contributed by atoms with Gasteiger partial charge < -0.3 is 10.0 Å². The number of rotatable bonds is 4. The highest BCUT2D eigenvalue weighted by Crippen LogP contribution is 2.29. The molecular weight excluding hydrogens is 247 g/mol. The maximum atomic E-state index is 13.8. The first-order chi connectivity index (χ1) is 9.15. The minimum absolute atomic E-state index is 0.0973. The van der Waals surface area contributed by atoms with E-state index in [1.165, 1.54) is 24.5 Å².